The molecule has 1 amide bonds. The SMILES string of the molecule is CCCC(N)C(=O)NCc1ccc(C)cc1C. The van der Waals surface area contributed by atoms with E-state index in [0.29, 0.717) is 6.54 Å². The van der Waals surface area contributed by atoms with E-state index < -0.39 is 0 Å². The highest BCUT2D eigenvalue weighted by atomic mass is 16.2. The minimum atomic E-state index is -0.384. The molecule has 0 bridgehead atoms. The Morgan fingerprint density at radius 3 is 2.71 bits per heavy atom. The lowest BCUT2D eigenvalue weighted by Crippen LogP contribution is -2.40. The Morgan fingerprint density at radius 2 is 2.12 bits per heavy atom. The van der Waals surface area contributed by atoms with E-state index in [1.807, 2.05) is 6.92 Å². The van der Waals surface area contributed by atoms with Gasteiger partial charge in [-0.25, -0.2) is 0 Å². The van der Waals surface area contributed by atoms with Crippen molar-refractivity contribution in [1.82, 2.24) is 5.32 Å². The Morgan fingerprint density at radius 1 is 1.41 bits per heavy atom. The maximum Gasteiger partial charge on any atom is 0.237 e. The van der Waals surface area contributed by atoms with Crippen LogP contribution in [0.5, 0.6) is 0 Å². The van der Waals surface area contributed by atoms with Crippen LogP contribution in [0.25, 0.3) is 0 Å². The zero-order chi connectivity index (χ0) is 12.8. The van der Waals surface area contributed by atoms with Crippen molar-refractivity contribution >= 4 is 5.91 Å². The first-order chi connectivity index (χ1) is 8.04. The lowest BCUT2D eigenvalue weighted by atomic mass is 10.1. The largest absolute Gasteiger partial charge is 0.351 e. The highest BCUT2D eigenvalue weighted by Gasteiger charge is 2.11. The van der Waals surface area contributed by atoms with E-state index in [9.17, 15) is 4.79 Å². The molecule has 1 aromatic carbocycles. The average Bonchev–Trinajstić information content (AvgIpc) is 2.27. The van der Waals surface area contributed by atoms with Crippen LogP contribution in [-0.4, -0.2) is 11.9 Å². The first kappa shape index (κ1) is 13.7. The molecule has 0 saturated carbocycles. The lowest BCUT2D eigenvalue weighted by molar-refractivity contribution is -0.122. The number of hydrogen-bond donors (Lipinski definition) is 2. The fourth-order valence-corrected chi connectivity index (χ4v) is 1.80. The van der Waals surface area contributed by atoms with Crippen molar-refractivity contribution in [2.45, 2.75) is 46.2 Å². The number of nitrogens with two attached hydrogens (primary N) is 1. The zero-order valence-corrected chi connectivity index (χ0v) is 10.9. The van der Waals surface area contributed by atoms with Gasteiger partial charge in [0, 0.05) is 6.54 Å². The third-order valence-corrected chi connectivity index (χ3v) is 2.89. The van der Waals surface area contributed by atoms with Crippen LogP contribution < -0.4 is 11.1 Å². The van der Waals surface area contributed by atoms with Crippen molar-refractivity contribution in [3.8, 4) is 0 Å². The van der Waals surface area contributed by atoms with Crippen LogP contribution in [0.15, 0.2) is 18.2 Å². The molecule has 0 radical (unpaired) electrons. The fourth-order valence-electron chi connectivity index (χ4n) is 1.80. The predicted molar refractivity (Wildman–Crippen MR) is 70.6 cm³/mol. The molecule has 1 unspecified atom stereocenters. The van der Waals surface area contributed by atoms with Crippen molar-refractivity contribution in [3.63, 3.8) is 0 Å². The highest BCUT2D eigenvalue weighted by Crippen LogP contribution is 2.10. The van der Waals surface area contributed by atoms with Gasteiger partial charge in [-0.1, -0.05) is 37.1 Å². The van der Waals surface area contributed by atoms with Gasteiger partial charge in [0.1, 0.15) is 0 Å². The highest BCUT2D eigenvalue weighted by molar-refractivity contribution is 5.81. The monoisotopic (exact) mass is 234 g/mol. The van der Waals surface area contributed by atoms with Gasteiger partial charge in [0.25, 0.3) is 0 Å². The first-order valence-corrected chi connectivity index (χ1v) is 6.14. The van der Waals surface area contributed by atoms with Crippen molar-refractivity contribution in [3.05, 3.63) is 34.9 Å². The quantitative estimate of drug-likeness (QED) is 0.819. The topological polar surface area (TPSA) is 55.1 Å². The van der Waals surface area contributed by atoms with Crippen LogP contribution in [0, 0.1) is 13.8 Å². The van der Waals surface area contributed by atoms with E-state index in [4.69, 9.17) is 5.73 Å². The molecule has 0 aromatic heterocycles. The number of aryl methyl sites for hydroxylation is 2. The van der Waals surface area contributed by atoms with Crippen LogP contribution in [0.1, 0.15) is 36.5 Å². The summed E-state index contributed by atoms with van der Waals surface area (Å²) in [5.74, 6) is -0.0631. The third-order valence-electron chi connectivity index (χ3n) is 2.89. The second kappa shape index (κ2) is 6.40. The normalized spacial score (nSPS) is 12.2. The van der Waals surface area contributed by atoms with Crippen LogP contribution >= 0.6 is 0 Å². The van der Waals surface area contributed by atoms with E-state index in [1.165, 1.54) is 11.1 Å². The lowest BCUT2D eigenvalue weighted by Gasteiger charge is -2.12. The molecule has 3 N–H and O–H groups in total. The molecule has 17 heavy (non-hydrogen) atoms. The van der Waals surface area contributed by atoms with Gasteiger partial charge in [-0.15, -0.1) is 0 Å². The maximum atomic E-state index is 11.6. The number of rotatable bonds is 5. The average molecular weight is 234 g/mol. The van der Waals surface area contributed by atoms with Crippen molar-refractivity contribution in [2.24, 2.45) is 5.73 Å². The Labute approximate surface area is 103 Å². The minimum absolute atomic E-state index is 0.0631. The summed E-state index contributed by atoms with van der Waals surface area (Å²) in [4.78, 5) is 11.6. The third kappa shape index (κ3) is 4.19. The van der Waals surface area contributed by atoms with Gasteiger partial charge >= 0.3 is 0 Å². The second-order valence-electron chi connectivity index (χ2n) is 4.54. The Kier molecular flexibility index (Phi) is 5.16. The number of carbonyl (C=O) groups is 1. The molecular formula is C14H22N2O. The van der Waals surface area contributed by atoms with Crippen LogP contribution in [0.3, 0.4) is 0 Å². The molecule has 3 heteroatoms. The maximum absolute atomic E-state index is 11.6. The van der Waals surface area contributed by atoms with E-state index >= 15 is 0 Å². The Hall–Kier alpha value is -1.35. The van der Waals surface area contributed by atoms with E-state index in [2.05, 4.69) is 37.4 Å². The summed E-state index contributed by atoms with van der Waals surface area (Å²) in [6, 6.07) is 5.84. The van der Waals surface area contributed by atoms with Crippen molar-refractivity contribution in [1.29, 1.82) is 0 Å². The molecule has 0 aliphatic carbocycles. The molecule has 0 saturated heterocycles. The number of amides is 1. The molecule has 3 nitrogen and oxygen atoms in total. The Bertz CT molecular complexity index is 388. The van der Waals surface area contributed by atoms with Gasteiger partial charge in [-0.3, -0.25) is 4.79 Å². The Balaban J connectivity index is 2.53. The molecule has 94 valence electrons. The molecular weight excluding hydrogens is 212 g/mol. The van der Waals surface area contributed by atoms with Crippen LogP contribution in [0.4, 0.5) is 0 Å². The standard InChI is InChI=1S/C14H22N2O/c1-4-5-13(15)14(17)16-9-12-7-6-10(2)8-11(12)3/h6-8,13H,4-5,9,15H2,1-3H3,(H,16,17). The summed E-state index contributed by atoms with van der Waals surface area (Å²) in [7, 11) is 0. The number of benzene rings is 1. The van der Waals surface area contributed by atoms with E-state index in [-0.39, 0.29) is 11.9 Å². The molecule has 1 atom stereocenters. The molecule has 1 rings (SSSR count). The summed E-state index contributed by atoms with van der Waals surface area (Å²) in [5.41, 5.74) is 9.33. The molecule has 0 fully saturated rings. The van der Waals surface area contributed by atoms with Crippen molar-refractivity contribution < 1.29 is 4.79 Å². The molecule has 0 aliphatic rings. The number of nitrogens with one attached hydrogen (secondary N) is 1. The summed E-state index contributed by atoms with van der Waals surface area (Å²) in [6.07, 6.45) is 1.66. The summed E-state index contributed by atoms with van der Waals surface area (Å²) < 4.78 is 0. The van der Waals surface area contributed by atoms with Gasteiger partial charge in [0.15, 0.2) is 0 Å². The van der Waals surface area contributed by atoms with E-state index in [1.54, 1.807) is 0 Å². The zero-order valence-electron chi connectivity index (χ0n) is 10.9. The predicted octanol–water partition coefficient (Wildman–Crippen LogP) is 2.05. The van der Waals surface area contributed by atoms with Gasteiger partial charge in [-0.2, -0.15) is 0 Å². The molecule has 0 spiro atoms. The van der Waals surface area contributed by atoms with Gasteiger partial charge < -0.3 is 11.1 Å². The van der Waals surface area contributed by atoms with E-state index in [0.717, 1.165) is 18.4 Å². The summed E-state index contributed by atoms with van der Waals surface area (Å²) >= 11 is 0. The molecule has 0 heterocycles. The number of carbonyl (C=O) groups excluding carboxylic acids is 1. The van der Waals surface area contributed by atoms with Crippen LogP contribution in [-0.2, 0) is 11.3 Å². The van der Waals surface area contributed by atoms with Gasteiger partial charge in [0.05, 0.1) is 6.04 Å². The first-order valence-electron chi connectivity index (χ1n) is 6.14. The molecule has 1 aromatic rings. The van der Waals surface area contributed by atoms with Crippen LogP contribution in [0.2, 0.25) is 0 Å². The van der Waals surface area contributed by atoms with Crippen molar-refractivity contribution in [2.75, 3.05) is 0 Å². The fraction of sp³-hybridized carbons (Fsp3) is 0.500. The minimum Gasteiger partial charge on any atom is -0.351 e. The summed E-state index contributed by atoms with van der Waals surface area (Å²) in [5, 5.41) is 2.88. The van der Waals surface area contributed by atoms with Gasteiger partial charge in [0.2, 0.25) is 5.91 Å². The smallest absolute Gasteiger partial charge is 0.237 e. The summed E-state index contributed by atoms with van der Waals surface area (Å²) in [6.45, 7) is 6.70. The number of hydrogen-bond acceptors (Lipinski definition) is 2. The second-order valence-corrected chi connectivity index (χ2v) is 4.54. The molecule has 0 aliphatic heterocycles. The van der Waals surface area contributed by atoms with Gasteiger partial charge in [-0.05, 0) is 31.4 Å².